The molecule has 0 bridgehead atoms. The number of nitrogens with zero attached hydrogens (tertiary/aromatic N) is 2. The zero-order valence-electron chi connectivity index (χ0n) is 13.9. The molecule has 1 aromatic heterocycles. The third-order valence-electron chi connectivity index (χ3n) is 4.13. The lowest BCUT2D eigenvalue weighted by Gasteiger charge is -2.15. The zero-order chi connectivity index (χ0) is 17.8. The Morgan fingerprint density at radius 1 is 1.04 bits per heavy atom. The fourth-order valence-electron chi connectivity index (χ4n) is 2.88. The Morgan fingerprint density at radius 2 is 1.96 bits per heavy atom. The monoisotopic (exact) mass is 364 g/mol. The van der Waals surface area contributed by atoms with E-state index >= 15 is 0 Å². The molecule has 0 amide bonds. The van der Waals surface area contributed by atoms with Crippen LogP contribution >= 0.6 is 11.6 Å². The van der Waals surface area contributed by atoms with Crippen LogP contribution in [0.25, 0.3) is 10.8 Å². The summed E-state index contributed by atoms with van der Waals surface area (Å²) in [7, 11) is 0. The molecule has 0 aliphatic carbocycles. The summed E-state index contributed by atoms with van der Waals surface area (Å²) in [5.74, 6) is 1.45. The number of hydrogen-bond donors (Lipinski definition) is 2. The number of ether oxygens (including phenoxy) is 1. The maximum Gasteiger partial charge on any atom is 0.218 e. The number of aromatic amines is 1. The van der Waals surface area contributed by atoms with E-state index in [4.69, 9.17) is 16.3 Å². The van der Waals surface area contributed by atoms with Crippen molar-refractivity contribution >= 4 is 28.3 Å². The van der Waals surface area contributed by atoms with Gasteiger partial charge in [0.05, 0.1) is 0 Å². The SMILES string of the molecule is Clc1cccc(COc2ccc3ccccc3c2CNc2ncn[nH]2)c1. The third-order valence-corrected chi connectivity index (χ3v) is 4.36. The third kappa shape index (κ3) is 3.63. The zero-order valence-corrected chi connectivity index (χ0v) is 14.7. The molecular weight excluding hydrogens is 348 g/mol. The van der Waals surface area contributed by atoms with Crippen molar-refractivity contribution < 1.29 is 4.74 Å². The average molecular weight is 365 g/mol. The molecule has 2 N–H and O–H groups in total. The Labute approximate surface area is 156 Å². The minimum Gasteiger partial charge on any atom is -0.489 e. The van der Waals surface area contributed by atoms with Crippen LogP contribution in [0.1, 0.15) is 11.1 Å². The van der Waals surface area contributed by atoms with Crippen molar-refractivity contribution in [3.8, 4) is 5.75 Å². The number of anilines is 1. The Bertz CT molecular complexity index is 1020. The normalized spacial score (nSPS) is 10.8. The second-order valence-electron chi connectivity index (χ2n) is 5.87. The molecule has 4 aromatic rings. The van der Waals surface area contributed by atoms with Gasteiger partial charge in [-0.2, -0.15) is 5.10 Å². The smallest absolute Gasteiger partial charge is 0.218 e. The van der Waals surface area contributed by atoms with Gasteiger partial charge in [0.1, 0.15) is 18.7 Å². The first-order chi connectivity index (χ1) is 12.8. The second kappa shape index (κ2) is 7.45. The molecule has 3 aromatic carbocycles. The van der Waals surface area contributed by atoms with E-state index in [1.165, 1.54) is 6.33 Å². The highest BCUT2D eigenvalue weighted by Crippen LogP contribution is 2.29. The Balaban J connectivity index is 1.63. The van der Waals surface area contributed by atoms with Crippen LogP contribution in [0, 0.1) is 0 Å². The van der Waals surface area contributed by atoms with E-state index in [9.17, 15) is 0 Å². The van der Waals surface area contributed by atoms with Crippen LogP contribution in [0.5, 0.6) is 5.75 Å². The van der Waals surface area contributed by atoms with Crippen LogP contribution < -0.4 is 10.1 Å². The van der Waals surface area contributed by atoms with Crippen molar-refractivity contribution in [3.63, 3.8) is 0 Å². The van der Waals surface area contributed by atoms with Gasteiger partial charge < -0.3 is 10.1 Å². The van der Waals surface area contributed by atoms with Gasteiger partial charge in [0.25, 0.3) is 0 Å². The van der Waals surface area contributed by atoms with Crippen LogP contribution in [-0.2, 0) is 13.2 Å². The number of rotatable bonds is 6. The molecule has 0 aliphatic heterocycles. The van der Waals surface area contributed by atoms with Gasteiger partial charge in [0.2, 0.25) is 5.95 Å². The van der Waals surface area contributed by atoms with E-state index in [0.29, 0.717) is 24.1 Å². The first-order valence-electron chi connectivity index (χ1n) is 8.27. The minimum absolute atomic E-state index is 0.453. The molecule has 0 atom stereocenters. The molecule has 5 nitrogen and oxygen atoms in total. The molecule has 0 radical (unpaired) electrons. The molecule has 0 unspecified atom stereocenters. The molecule has 1 heterocycles. The first kappa shape index (κ1) is 16.4. The highest BCUT2D eigenvalue weighted by atomic mass is 35.5. The summed E-state index contributed by atoms with van der Waals surface area (Å²) < 4.78 is 6.11. The van der Waals surface area contributed by atoms with Crippen LogP contribution in [0.3, 0.4) is 0 Å². The molecule has 130 valence electrons. The Kier molecular flexibility index (Phi) is 4.71. The highest BCUT2D eigenvalue weighted by molar-refractivity contribution is 6.30. The first-order valence-corrected chi connectivity index (χ1v) is 8.64. The number of nitrogens with one attached hydrogen (secondary N) is 2. The Hall–Kier alpha value is -3.05. The molecule has 0 fully saturated rings. The summed E-state index contributed by atoms with van der Waals surface area (Å²) in [6.07, 6.45) is 1.47. The van der Waals surface area contributed by atoms with E-state index < -0.39 is 0 Å². The van der Waals surface area contributed by atoms with Gasteiger partial charge in [0.15, 0.2) is 0 Å². The summed E-state index contributed by atoms with van der Waals surface area (Å²) >= 11 is 6.06. The second-order valence-corrected chi connectivity index (χ2v) is 6.31. The minimum atomic E-state index is 0.453. The van der Waals surface area contributed by atoms with Crippen LogP contribution in [0.2, 0.25) is 5.02 Å². The van der Waals surface area contributed by atoms with Gasteiger partial charge in [0, 0.05) is 17.1 Å². The van der Waals surface area contributed by atoms with Crippen molar-refractivity contribution in [2.45, 2.75) is 13.2 Å². The molecule has 26 heavy (non-hydrogen) atoms. The van der Waals surface area contributed by atoms with Crippen molar-refractivity contribution in [1.82, 2.24) is 15.2 Å². The fraction of sp³-hybridized carbons (Fsp3) is 0.100. The average Bonchev–Trinajstić information content (AvgIpc) is 3.18. The lowest BCUT2D eigenvalue weighted by atomic mass is 10.0. The highest BCUT2D eigenvalue weighted by Gasteiger charge is 2.10. The van der Waals surface area contributed by atoms with E-state index in [0.717, 1.165) is 27.6 Å². The molecule has 0 saturated heterocycles. The molecule has 4 rings (SSSR count). The van der Waals surface area contributed by atoms with Gasteiger partial charge in [-0.3, -0.25) is 0 Å². The number of aromatic nitrogens is 3. The standard InChI is InChI=1S/C20H17ClN4O/c21-16-6-3-4-14(10-16)12-26-19-9-8-15-5-1-2-7-17(15)18(19)11-22-20-23-13-24-25-20/h1-10,13H,11-12H2,(H2,22,23,24,25). The van der Waals surface area contributed by atoms with E-state index in [-0.39, 0.29) is 0 Å². The number of halogens is 1. The predicted molar refractivity (Wildman–Crippen MR) is 103 cm³/mol. The maximum absolute atomic E-state index is 6.11. The number of fused-ring (bicyclic) bond motifs is 1. The molecule has 6 heteroatoms. The van der Waals surface area contributed by atoms with Crippen LogP contribution in [0.4, 0.5) is 5.95 Å². The summed E-state index contributed by atoms with van der Waals surface area (Å²) in [4.78, 5) is 4.11. The number of hydrogen-bond acceptors (Lipinski definition) is 4. The van der Waals surface area contributed by atoms with E-state index in [1.54, 1.807) is 0 Å². The molecule has 0 aliphatic rings. The number of benzene rings is 3. The van der Waals surface area contributed by atoms with E-state index in [1.807, 2.05) is 42.5 Å². The van der Waals surface area contributed by atoms with Crippen molar-refractivity contribution in [3.05, 3.63) is 83.1 Å². The van der Waals surface area contributed by atoms with Crippen LogP contribution in [-0.4, -0.2) is 15.2 Å². The quantitative estimate of drug-likeness (QED) is 0.515. The van der Waals surface area contributed by atoms with Crippen molar-refractivity contribution in [2.24, 2.45) is 0 Å². The fourth-order valence-corrected chi connectivity index (χ4v) is 3.10. The summed E-state index contributed by atoms with van der Waals surface area (Å²) in [5.41, 5.74) is 2.10. The molecule has 0 saturated carbocycles. The van der Waals surface area contributed by atoms with Crippen molar-refractivity contribution in [2.75, 3.05) is 5.32 Å². The topological polar surface area (TPSA) is 62.8 Å². The van der Waals surface area contributed by atoms with Gasteiger partial charge in [-0.05, 0) is 34.5 Å². The largest absolute Gasteiger partial charge is 0.489 e. The maximum atomic E-state index is 6.11. The van der Waals surface area contributed by atoms with Gasteiger partial charge >= 0.3 is 0 Å². The number of H-pyrrole nitrogens is 1. The lowest BCUT2D eigenvalue weighted by molar-refractivity contribution is 0.304. The molecule has 0 spiro atoms. The summed E-state index contributed by atoms with van der Waals surface area (Å²) in [6, 6.07) is 20.0. The van der Waals surface area contributed by atoms with Crippen molar-refractivity contribution in [1.29, 1.82) is 0 Å². The van der Waals surface area contributed by atoms with Gasteiger partial charge in [-0.1, -0.05) is 54.1 Å². The molecular formula is C20H17ClN4O. The summed E-state index contributed by atoms with van der Waals surface area (Å²) in [6.45, 7) is 1.02. The van der Waals surface area contributed by atoms with Gasteiger partial charge in [-0.15, -0.1) is 0 Å². The summed E-state index contributed by atoms with van der Waals surface area (Å²) in [5, 5.41) is 12.9. The lowest BCUT2D eigenvalue weighted by Crippen LogP contribution is -2.05. The Morgan fingerprint density at radius 3 is 2.81 bits per heavy atom. The van der Waals surface area contributed by atoms with E-state index in [2.05, 4.69) is 38.7 Å². The van der Waals surface area contributed by atoms with Gasteiger partial charge in [-0.25, -0.2) is 10.1 Å². The predicted octanol–water partition coefficient (Wildman–Crippen LogP) is 4.80. The van der Waals surface area contributed by atoms with Crippen LogP contribution in [0.15, 0.2) is 67.0 Å².